The molecule has 2 amide bonds. The molecule has 0 aliphatic heterocycles. The zero-order valence-electron chi connectivity index (χ0n) is 13.3. The van der Waals surface area contributed by atoms with Crippen molar-refractivity contribution in [1.29, 1.82) is 0 Å². The molecular weight excluding hydrogens is 372 g/mol. The number of hydrogen-bond donors (Lipinski definition) is 2. The van der Waals surface area contributed by atoms with Crippen molar-refractivity contribution >= 4 is 33.8 Å². The number of ether oxygens (including phenoxy) is 1. The Kier molecular flexibility index (Phi) is 6.14. The standard InChI is InChI=1S/C18H17BrN2O3/c1-20-18(23)16(11-12-3-9-15(24-2)10-4-12)21-17(22)13-5-7-14(19)8-6-13/h3-11H,1-2H3,(H,20,23)(H,21,22). The van der Waals surface area contributed by atoms with E-state index in [4.69, 9.17) is 4.74 Å². The molecule has 124 valence electrons. The second-order valence-corrected chi connectivity index (χ2v) is 5.79. The Hall–Kier alpha value is -2.60. The average molecular weight is 389 g/mol. The average Bonchev–Trinajstić information content (AvgIpc) is 2.61. The lowest BCUT2D eigenvalue weighted by Gasteiger charge is -2.09. The third-order valence-electron chi connectivity index (χ3n) is 3.25. The summed E-state index contributed by atoms with van der Waals surface area (Å²) in [5.74, 6) is -0.0188. The highest BCUT2D eigenvalue weighted by Gasteiger charge is 2.13. The van der Waals surface area contributed by atoms with Crippen LogP contribution in [-0.4, -0.2) is 26.0 Å². The predicted octanol–water partition coefficient (Wildman–Crippen LogP) is 2.97. The number of carbonyl (C=O) groups excluding carboxylic acids is 2. The molecule has 0 aliphatic carbocycles. The van der Waals surface area contributed by atoms with Gasteiger partial charge in [-0.3, -0.25) is 9.59 Å². The maximum Gasteiger partial charge on any atom is 0.267 e. The van der Waals surface area contributed by atoms with Gasteiger partial charge in [0.2, 0.25) is 0 Å². The first-order valence-corrected chi connectivity index (χ1v) is 7.97. The minimum atomic E-state index is -0.378. The highest BCUT2D eigenvalue weighted by molar-refractivity contribution is 9.10. The van der Waals surface area contributed by atoms with E-state index in [2.05, 4.69) is 26.6 Å². The highest BCUT2D eigenvalue weighted by atomic mass is 79.9. The molecule has 24 heavy (non-hydrogen) atoms. The van der Waals surface area contributed by atoms with Crippen LogP contribution in [0.1, 0.15) is 15.9 Å². The van der Waals surface area contributed by atoms with E-state index in [1.807, 2.05) is 0 Å². The van der Waals surface area contributed by atoms with Crippen LogP contribution in [0.4, 0.5) is 0 Å². The van der Waals surface area contributed by atoms with Gasteiger partial charge in [-0.1, -0.05) is 28.1 Å². The molecule has 6 heteroatoms. The lowest BCUT2D eigenvalue weighted by Crippen LogP contribution is -2.33. The summed E-state index contributed by atoms with van der Waals surface area (Å²) in [5.41, 5.74) is 1.39. The predicted molar refractivity (Wildman–Crippen MR) is 96.6 cm³/mol. The quantitative estimate of drug-likeness (QED) is 0.773. The normalized spacial score (nSPS) is 10.9. The Bertz CT molecular complexity index is 753. The summed E-state index contributed by atoms with van der Waals surface area (Å²) >= 11 is 3.32. The number of benzene rings is 2. The zero-order chi connectivity index (χ0) is 17.5. The van der Waals surface area contributed by atoms with Gasteiger partial charge in [0.15, 0.2) is 0 Å². The van der Waals surface area contributed by atoms with Gasteiger partial charge in [0.25, 0.3) is 11.8 Å². The minimum absolute atomic E-state index is 0.163. The number of nitrogens with one attached hydrogen (secondary N) is 2. The van der Waals surface area contributed by atoms with Crippen LogP contribution in [0.15, 0.2) is 58.7 Å². The Morgan fingerprint density at radius 2 is 1.67 bits per heavy atom. The number of methoxy groups -OCH3 is 1. The van der Waals surface area contributed by atoms with Crippen LogP contribution in [0, 0.1) is 0 Å². The lowest BCUT2D eigenvalue weighted by molar-refractivity contribution is -0.117. The second-order valence-electron chi connectivity index (χ2n) is 4.87. The molecular formula is C18H17BrN2O3. The molecule has 5 nitrogen and oxygen atoms in total. The van der Waals surface area contributed by atoms with E-state index in [9.17, 15) is 9.59 Å². The molecule has 0 heterocycles. The van der Waals surface area contributed by atoms with Gasteiger partial charge < -0.3 is 15.4 Å². The number of amides is 2. The molecule has 0 atom stereocenters. The molecule has 0 radical (unpaired) electrons. The number of carbonyl (C=O) groups is 2. The molecule has 2 aromatic rings. The van der Waals surface area contributed by atoms with E-state index in [0.717, 1.165) is 10.0 Å². The summed E-state index contributed by atoms with van der Waals surface area (Å²) in [7, 11) is 3.09. The molecule has 2 N–H and O–H groups in total. The fourth-order valence-corrected chi connectivity index (χ4v) is 2.22. The van der Waals surface area contributed by atoms with Crippen molar-refractivity contribution < 1.29 is 14.3 Å². The van der Waals surface area contributed by atoms with E-state index in [0.29, 0.717) is 11.3 Å². The van der Waals surface area contributed by atoms with Gasteiger partial charge in [0, 0.05) is 17.1 Å². The van der Waals surface area contributed by atoms with Gasteiger partial charge in [-0.2, -0.15) is 0 Å². The summed E-state index contributed by atoms with van der Waals surface area (Å²) in [6.07, 6.45) is 1.61. The molecule has 2 aromatic carbocycles. The van der Waals surface area contributed by atoms with Crippen LogP contribution in [0.2, 0.25) is 0 Å². The number of rotatable bonds is 5. The minimum Gasteiger partial charge on any atom is -0.497 e. The van der Waals surface area contributed by atoms with Crippen molar-refractivity contribution in [2.24, 2.45) is 0 Å². The zero-order valence-corrected chi connectivity index (χ0v) is 14.9. The topological polar surface area (TPSA) is 67.4 Å². The van der Waals surface area contributed by atoms with Gasteiger partial charge in [-0.15, -0.1) is 0 Å². The number of hydrogen-bond acceptors (Lipinski definition) is 3. The SMILES string of the molecule is CNC(=O)C(=Cc1ccc(OC)cc1)NC(=O)c1ccc(Br)cc1. The van der Waals surface area contributed by atoms with Gasteiger partial charge in [0.1, 0.15) is 11.4 Å². The van der Waals surface area contributed by atoms with Crippen LogP contribution < -0.4 is 15.4 Å². The Labute approximate surface area is 148 Å². The highest BCUT2D eigenvalue weighted by Crippen LogP contribution is 2.14. The molecule has 0 bridgehead atoms. The number of halogens is 1. The maximum atomic E-state index is 12.3. The fraction of sp³-hybridized carbons (Fsp3) is 0.111. The summed E-state index contributed by atoms with van der Waals surface area (Å²) in [6.45, 7) is 0. The summed E-state index contributed by atoms with van der Waals surface area (Å²) in [4.78, 5) is 24.3. The second kappa shape index (κ2) is 8.31. The molecule has 0 spiro atoms. The Morgan fingerprint density at radius 3 is 2.21 bits per heavy atom. The van der Waals surface area contributed by atoms with Crippen LogP contribution in [-0.2, 0) is 4.79 Å². The van der Waals surface area contributed by atoms with Crippen molar-refractivity contribution in [1.82, 2.24) is 10.6 Å². The Morgan fingerprint density at radius 1 is 1.04 bits per heavy atom. The van der Waals surface area contributed by atoms with Crippen LogP contribution in [0.3, 0.4) is 0 Å². The van der Waals surface area contributed by atoms with Crippen molar-refractivity contribution in [3.63, 3.8) is 0 Å². The van der Waals surface area contributed by atoms with Gasteiger partial charge in [-0.25, -0.2) is 0 Å². The smallest absolute Gasteiger partial charge is 0.267 e. The van der Waals surface area contributed by atoms with Crippen LogP contribution >= 0.6 is 15.9 Å². The van der Waals surface area contributed by atoms with E-state index in [1.165, 1.54) is 7.05 Å². The largest absolute Gasteiger partial charge is 0.497 e. The molecule has 2 rings (SSSR count). The molecule has 0 saturated heterocycles. The third-order valence-corrected chi connectivity index (χ3v) is 3.78. The van der Waals surface area contributed by atoms with E-state index >= 15 is 0 Å². The molecule has 0 saturated carbocycles. The first-order valence-electron chi connectivity index (χ1n) is 7.18. The molecule has 0 unspecified atom stereocenters. The van der Waals surface area contributed by atoms with Crippen LogP contribution in [0.5, 0.6) is 5.75 Å². The van der Waals surface area contributed by atoms with E-state index in [-0.39, 0.29) is 17.5 Å². The lowest BCUT2D eigenvalue weighted by atomic mass is 10.1. The molecule has 0 aliphatic rings. The van der Waals surface area contributed by atoms with Gasteiger partial charge >= 0.3 is 0 Å². The third kappa shape index (κ3) is 4.70. The van der Waals surface area contributed by atoms with Crippen molar-refractivity contribution in [2.75, 3.05) is 14.2 Å². The summed E-state index contributed by atoms with van der Waals surface area (Å²) in [5, 5.41) is 5.16. The summed E-state index contributed by atoms with van der Waals surface area (Å²) < 4.78 is 5.98. The maximum absolute atomic E-state index is 12.3. The summed E-state index contributed by atoms with van der Waals surface area (Å²) in [6, 6.07) is 14.0. The monoisotopic (exact) mass is 388 g/mol. The van der Waals surface area contributed by atoms with Gasteiger partial charge in [-0.05, 0) is 48.0 Å². The number of likely N-dealkylation sites (N-methyl/N-ethyl adjacent to an activating group) is 1. The van der Waals surface area contributed by atoms with Gasteiger partial charge in [0.05, 0.1) is 7.11 Å². The molecule has 0 fully saturated rings. The van der Waals surface area contributed by atoms with Crippen LogP contribution in [0.25, 0.3) is 6.08 Å². The van der Waals surface area contributed by atoms with E-state index < -0.39 is 0 Å². The molecule has 0 aromatic heterocycles. The Balaban J connectivity index is 2.24. The van der Waals surface area contributed by atoms with E-state index in [1.54, 1.807) is 61.7 Å². The fourth-order valence-electron chi connectivity index (χ4n) is 1.96. The van der Waals surface area contributed by atoms with Crippen molar-refractivity contribution in [3.8, 4) is 5.75 Å². The first-order chi connectivity index (χ1) is 11.5. The van der Waals surface area contributed by atoms with Crippen molar-refractivity contribution in [3.05, 3.63) is 69.8 Å². The first kappa shape index (κ1) is 17.7. The van der Waals surface area contributed by atoms with Crippen molar-refractivity contribution in [2.45, 2.75) is 0 Å².